The Kier molecular flexibility index (Phi) is 8.25. The lowest BCUT2D eigenvalue weighted by Crippen LogP contribution is -2.39. The SMILES string of the molecule is COc1cc(CNS(C)(=O)=O)ccc1-n1nc(NCCN2CCOCC2)c2cnc(Nc3ncc[nH]c3=O)cc21. The number of rotatable bonds is 11. The number of fused-ring (bicyclic) bond motifs is 1. The van der Waals surface area contributed by atoms with Crippen molar-refractivity contribution in [2.75, 3.05) is 63.4 Å². The number of methoxy groups -OCH3 is 1. The topological polar surface area (TPSA) is 168 Å². The van der Waals surface area contributed by atoms with Crippen molar-refractivity contribution < 1.29 is 17.9 Å². The number of sulfonamides is 1. The van der Waals surface area contributed by atoms with E-state index in [2.05, 4.69) is 35.2 Å². The Balaban J connectivity index is 1.50. The molecule has 5 rings (SSSR count). The summed E-state index contributed by atoms with van der Waals surface area (Å²) in [6.45, 7) is 4.86. The van der Waals surface area contributed by atoms with E-state index >= 15 is 0 Å². The molecule has 4 aromatic rings. The molecule has 212 valence electrons. The predicted octanol–water partition coefficient (Wildman–Crippen LogP) is 1.05. The van der Waals surface area contributed by atoms with Crippen LogP contribution in [0.2, 0.25) is 0 Å². The van der Waals surface area contributed by atoms with Crippen molar-refractivity contribution in [3.8, 4) is 11.4 Å². The van der Waals surface area contributed by atoms with Crippen LogP contribution in [0.25, 0.3) is 16.6 Å². The van der Waals surface area contributed by atoms with Crippen LogP contribution < -0.4 is 25.7 Å². The Bertz CT molecular complexity index is 1650. The van der Waals surface area contributed by atoms with E-state index in [9.17, 15) is 13.2 Å². The molecular formula is C25H31N9O5S. The van der Waals surface area contributed by atoms with Crippen molar-refractivity contribution in [3.63, 3.8) is 0 Å². The highest BCUT2D eigenvalue weighted by molar-refractivity contribution is 7.88. The number of aromatic nitrogens is 5. The maximum absolute atomic E-state index is 12.2. The van der Waals surface area contributed by atoms with Gasteiger partial charge in [-0.2, -0.15) is 0 Å². The Morgan fingerprint density at radius 3 is 2.73 bits per heavy atom. The normalized spacial score (nSPS) is 14.3. The molecule has 1 aromatic carbocycles. The Hall–Kier alpha value is -4.05. The third kappa shape index (κ3) is 6.56. The summed E-state index contributed by atoms with van der Waals surface area (Å²) in [4.78, 5) is 25.6. The second kappa shape index (κ2) is 12.0. The molecule has 1 aliphatic heterocycles. The van der Waals surface area contributed by atoms with Gasteiger partial charge in [-0.25, -0.2) is 27.8 Å². The van der Waals surface area contributed by atoms with Crippen LogP contribution in [0, 0.1) is 0 Å². The quantitative estimate of drug-likeness (QED) is 0.204. The molecule has 14 nitrogen and oxygen atoms in total. The van der Waals surface area contributed by atoms with E-state index in [1.807, 2.05) is 12.1 Å². The molecule has 40 heavy (non-hydrogen) atoms. The van der Waals surface area contributed by atoms with Crippen molar-refractivity contribution in [2.24, 2.45) is 0 Å². The highest BCUT2D eigenvalue weighted by Gasteiger charge is 2.18. The molecule has 15 heteroatoms. The van der Waals surface area contributed by atoms with Gasteiger partial charge in [0.1, 0.15) is 17.3 Å². The molecule has 0 atom stereocenters. The van der Waals surface area contributed by atoms with Crippen LogP contribution >= 0.6 is 0 Å². The lowest BCUT2D eigenvalue weighted by atomic mass is 10.2. The summed E-state index contributed by atoms with van der Waals surface area (Å²) >= 11 is 0. The van der Waals surface area contributed by atoms with E-state index in [1.54, 1.807) is 30.1 Å². The van der Waals surface area contributed by atoms with Crippen LogP contribution in [-0.4, -0.2) is 90.8 Å². The molecule has 0 radical (unpaired) electrons. The fraction of sp³-hybridized carbons (Fsp3) is 0.360. The maximum atomic E-state index is 12.2. The van der Waals surface area contributed by atoms with Crippen LogP contribution in [0.5, 0.6) is 5.75 Å². The number of hydrogen-bond acceptors (Lipinski definition) is 11. The maximum Gasteiger partial charge on any atom is 0.291 e. The minimum atomic E-state index is -3.35. The Morgan fingerprint density at radius 1 is 1.15 bits per heavy atom. The highest BCUT2D eigenvalue weighted by atomic mass is 32.2. The van der Waals surface area contributed by atoms with Crippen molar-refractivity contribution in [2.45, 2.75) is 6.54 Å². The first kappa shape index (κ1) is 27.5. The van der Waals surface area contributed by atoms with Crippen LogP contribution in [0.3, 0.4) is 0 Å². The van der Waals surface area contributed by atoms with E-state index in [1.165, 1.54) is 12.4 Å². The number of morpholine rings is 1. The average Bonchev–Trinajstić information content (AvgIpc) is 3.30. The predicted molar refractivity (Wildman–Crippen MR) is 151 cm³/mol. The zero-order chi connectivity index (χ0) is 28.1. The zero-order valence-electron chi connectivity index (χ0n) is 22.2. The van der Waals surface area contributed by atoms with Gasteiger partial charge in [-0.15, -0.1) is 5.10 Å². The molecule has 0 unspecified atom stereocenters. The third-order valence-electron chi connectivity index (χ3n) is 6.35. The molecule has 0 aliphatic carbocycles. The summed E-state index contributed by atoms with van der Waals surface area (Å²) in [5, 5.41) is 12.0. The van der Waals surface area contributed by atoms with E-state index in [0.29, 0.717) is 35.1 Å². The molecule has 0 amide bonds. The summed E-state index contributed by atoms with van der Waals surface area (Å²) in [6, 6.07) is 7.17. The number of nitrogens with zero attached hydrogens (tertiary/aromatic N) is 5. The monoisotopic (exact) mass is 569 g/mol. The minimum Gasteiger partial charge on any atom is -0.494 e. The van der Waals surface area contributed by atoms with Gasteiger partial charge in [0, 0.05) is 57.4 Å². The van der Waals surface area contributed by atoms with Gasteiger partial charge in [0.2, 0.25) is 10.0 Å². The first-order valence-electron chi connectivity index (χ1n) is 12.7. The van der Waals surface area contributed by atoms with Crippen molar-refractivity contribution in [3.05, 3.63) is 58.8 Å². The number of pyridine rings is 1. The largest absolute Gasteiger partial charge is 0.494 e. The second-order valence-electron chi connectivity index (χ2n) is 9.22. The molecule has 0 spiro atoms. The van der Waals surface area contributed by atoms with Gasteiger partial charge in [-0.05, 0) is 17.7 Å². The van der Waals surface area contributed by atoms with Gasteiger partial charge >= 0.3 is 0 Å². The summed E-state index contributed by atoms with van der Waals surface area (Å²) in [5.74, 6) is 1.67. The van der Waals surface area contributed by atoms with Crippen LogP contribution in [-0.2, 0) is 21.3 Å². The Morgan fingerprint density at radius 2 is 1.98 bits per heavy atom. The van der Waals surface area contributed by atoms with Crippen molar-refractivity contribution >= 4 is 38.4 Å². The zero-order valence-corrected chi connectivity index (χ0v) is 23.0. The fourth-order valence-electron chi connectivity index (χ4n) is 4.33. The van der Waals surface area contributed by atoms with Gasteiger partial charge in [0.25, 0.3) is 5.56 Å². The van der Waals surface area contributed by atoms with Gasteiger partial charge < -0.3 is 25.1 Å². The lowest BCUT2D eigenvalue weighted by Gasteiger charge is -2.26. The van der Waals surface area contributed by atoms with Crippen LogP contribution in [0.4, 0.5) is 17.5 Å². The summed E-state index contributed by atoms with van der Waals surface area (Å²) in [7, 11) is -1.81. The third-order valence-corrected chi connectivity index (χ3v) is 7.02. The molecule has 0 bridgehead atoms. The van der Waals surface area contributed by atoms with E-state index in [-0.39, 0.29) is 17.9 Å². The number of aromatic amines is 1. The number of ether oxygens (including phenoxy) is 2. The van der Waals surface area contributed by atoms with Gasteiger partial charge in [0.15, 0.2) is 11.6 Å². The minimum absolute atomic E-state index is 0.115. The highest BCUT2D eigenvalue weighted by Crippen LogP contribution is 2.32. The van der Waals surface area contributed by atoms with Crippen LogP contribution in [0.15, 0.2) is 47.7 Å². The fourth-order valence-corrected chi connectivity index (χ4v) is 4.76. The molecule has 1 aliphatic rings. The number of anilines is 3. The number of benzene rings is 1. The van der Waals surface area contributed by atoms with Crippen LogP contribution in [0.1, 0.15) is 5.56 Å². The molecule has 0 saturated carbocycles. The molecule has 1 fully saturated rings. The first-order valence-corrected chi connectivity index (χ1v) is 14.6. The summed E-state index contributed by atoms with van der Waals surface area (Å²) in [5.41, 5.74) is 1.71. The van der Waals surface area contributed by atoms with E-state index in [0.717, 1.165) is 50.1 Å². The summed E-state index contributed by atoms with van der Waals surface area (Å²) in [6.07, 6.45) is 5.73. The van der Waals surface area contributed by atoms with Gasteiger partial charge in [-0.3, -0.25) is 9.69 Å². The standard InChI is InChI=1S/C25H31N9O5S/c1-38-21-13-17(15-30-40(2,36)37)3-4-19(21)34-20-14-22(31-24-25(35)28-6-5-26-24)29-16-18(20)23(32-34)27-7-8-33-9-11-39-12-10-33/h3-6,13-14,16,30H,7-12,15H2,1-2H3,(H,27,32)(H,28,35)(H,26,29,31). The molecular weight excluding hydrogens is 538 g/mol. The number of nitrogens with one attached hydrogen (secondary N) is 4. The summed E-state index contributed by atoms with van der Waals surface area (Å²) < 4.78 is 38.4. The lowest BCUT2D eigenvalue weighted by molar-refractivity contribution is 0.0398. The van der Waals surface area contributed by atoms with Crippen molar-refractivity contribution in [1.29, 1.82) is 0 Å². The number of hydrogen-bond donors (Lipinski definition) is 4. The number of H-pyrrole nitrogens is 1. The molecule has 3 aromatic heterocycles. The Labute approximate surface area is 230 Å². The smallest absolute Gasteiger partial charge is 0.291 e. The van der Waals surface area contributed by atoms with Crippen molar-refractivity contribution in [1.82, 2.24) is 34.4 Å². The van der Waals surface area contributed by atoms with Gasteiger partial charge in [0.05, 0.1) is 37.5 Å². The van der Waals surface area contributed by atoms with E-state index < -0.39 is 10.0 Å². The molecule has 4 heterocycles. The second-order valence-corrected chi connectivity index (χ2v) is 11.1. The van der Waals surface area contributed by atoms with Gasteiger partial charge in [-0.1, -0.05) is 6.07 Å². The molecule has 1 saturated heterocycles. The average molecular weight is 570 g/mol. The first-order chi connectivity index (χ1) is 19.3. The molecule has 4 N–H and O–H groups in total. The van der Waals surface area contributed by atoms with E-state index in [4.69, 9.17) is 14.6 Å².